The van der Waals surface area contributed by atoms with Crippen LogP contribution in [0.15, 0.2) is 41.6 Å². The molecule has 2 aromatic rings. The standard InChI is InChI=1S/C17H21FN4OS/c1-21-9-8-20-17(21)14-12-19-7-10-22(14)16(23)6-11-24-15-5-3-2-4-13(15)18/h2-5,8-9,14,19H,6-7,10-12H2,1H3. The van der Waals surface area contributed by atoms with Crippen molar-refractivity contribution in [2.75, 3.05) is 25.4 Å². The first-order valence-corrected chi connectivity index (χ1v) is 9.00. The summed E-state index contributed by atoms with van der Waals surface area (Å²) in [6, 6.07) is 6.61. The van der Waals surface area contributed by atoms with Gasteiger partial charge < -0.3 is 14.8 Å². The zero-order valence-corrected chi connectivity index (χ0v) is 14.4. The van der Waals surface area contributed by atoms with Crippen LogP contribution in [0.25, 0.3) is 0 Å². The van der Waals surface area contributed by atoms with Crippen molar-refractivity contribution in [3.8, 4) is 0 Å². The SMILES string of the molecule is Cn1ccnc1C1CNCCN1C(=O)CCSc1ccccc1F. The molecule has 0 saturated carbocycles. The molecule has 2 heterocycles. The van der Waals surface area contributed by atoms with Crippen molar-refractivity contribution in [2.45, 2.75) is 17.4 Å². The van der Waals surface area contributed by atoms with E-state index in [9.17, 15) is 9.18 Å². The van der Waals surface area contributed by atoms with Crippen LogP contribution in [0.3, 0.4) is 0 Å². The van der Waals surface area contributed by atoms with Crippen LogP contribution in [0.1, 0.15) is 18.3 Å². The average molecular weight is 348 g/mol. The van der Waals surface area contributed by atoms with Gasteiger partial charge in [0, 0.05) is 56.1 Å². The first kappa shape index (κ1) is 17.0. The summed E-state index contributed by atoms with van der Waals surface area (Å²) in [5, 5.41) is 3.32. The van der Waals surface area contributed by atoms with Gasteiger partial charge in [0.2, 0.25) is 5.91 Å². The van der Waals surface area contributed by atoms with E-state index in [1.807, 2.05) is 22.7 Å². The molecule has 128 valence electrons. The van der Waals surface area contributed by atoms with Gasteiger partial charge in [-0.2, -0.15) is 0 Å². The van der Waals surface area contributed by atoms with E-state index in [1.165, 1.54) is 17.8 Å². The maximum atomic E-state index is 13.6. The number of carbonyl (C=O) groups is 1. The molecule has 0 radical (unpaired) electrons. The first-order valence-electron chi connectivity index (χ1n) is 8.01. The van der Waals surface area contributed by atoms with E-state index >= 15 is 0 Å². The maximum Gasteiger partial charge on any atom is 0.224 e. The minimum absolute atomic E-state index is 0.0512. The summed E-state index contributed by atoms with van der Waals surface area (Å²) in [7, 11) is 1.94. The predicted octanol–water partition coefficient (Wildman–Crippen LogP) is 2.21. The third-order valence-electron chi connectivity index (χ3n) is 4.13. The van der Waals surface area contributed by atoms with Crippen molar-refractivity contribution in [3.63, 3.8) is 0 Å². The molecule has 1 aliphatic heterocycles. The van der Waals surface area contributed by atoms with Crippen LogP contribution < -0.4 is 5.32 Å². The lowest BCUT2D eigenvalue weighted by Crippen LogP contribution is -2.49. The van der Waals surface area contributed by atoms with E-state index in [4.69, 9.17) is 0 Å². The van der Waals surface area contributed by atoms with Gasteiger partial charge in [-0.3, -0.25) is 4.79 Å². The molecule has 7 heteroatoms. The molecule has 0 aliphatic carbocycles. The Morgan fingerprint density at radius 1 is 1.46 bits per heavy atom. The zero-order chi connectivity index (χ0) is 16.9. The Kier molecular flexibility index (Phi) is 5.52. The Hall–Kier alpha value is -1.86. The number of amides is 1. The molecule has 1 amide bonds. The fraction of sp³-hybridized carbons (Fsp3) is 0.412. The molecule has 5 nitrogen and oxygen atoms in total. The fourth-order valence-electron chi connectivity index (χ4n) is 2.89. The summed E-state index contributed by atoms with van der Waals surface area (Å²) >= 11 is 1.38. The smallest absolute Gasteiger partial charge is 0.224 e. The highest BCUT2D eigenvalue weighted by atomic mass is 32.2. The quantitative estimate of drug-likeness (QED) is 0.842. The van der Waals surface area contributed by atoms with Crippen molar-refractivity contribution in [1.29, 1.82) is 0 Å². The number of piperazine rings is 1. The number of imidazole rings is 1. The number of rotatable bonds is 5. The van der Waals surface area contributed by atoms with Gasteiger partial charge in [-0.25, -0.2) is 9.37 Å². The highest BCUT2D eigenvalue weighted by Gasteiger charge is 2.29. The van der Waals surface area contributed by atoms with Crippen LogP contribution in [0, 0.1) is 5.82 Å². The van der Waals surface area contributed by atoms with E-state index in [2.05, 4.69) is 10.3 Å². The highest BCUT2D eigenvalue weighted by molar-refractivity contribution is 7.99. The van der Waals surface area contributed by atoms with Crippen LogP contribution >= 0.6 is 11.8 Å². The third-order valence-corrected chi connectivity index (χ3v) is 5.18. The number of hydrogen-bond acceptors (Lipinski definition) is 4. The predicted molar refractivity (Wildman–Crippen MR) is 92.3 cm³/mol. The molecular formula is C17H21FN4OS. The summed E-state index contributed by atoms with van der Waals surface area (Å²) < 4.78 is 15.6. The molecule has 1 unspecified atom stereocenters. The first-order chi connectivity index (χ1) is 11.7. The number of benzene rings is 1. The molecule has 1 N–H and O–H groups in total. The van der Waals surface area contributed by atoms with Crippen molar-refractivity contribution in [3.05, 3.63) is 48.3 Å². The van der Waals surface area contributed by atoms with Gasteiger partial charge in [0.25, 0.3) is 0 Å². The van der Waals surface area contributed by atoms with E-state index < -0.39 is 0 Å². The second kappa shape index (κ2) is 7.81. The monoisotopic (exact) mass is 348 g/mol. The molecule has 24 heavy (non-hydrogen) atoms. The molecule has 1 atom stereocenters. The maximum absolute atomic E-state index is 13.6. The molecule has 0 spiro atoms. The Balaban J connectivity index is 1.60. The largest absolute Gasteiger partial charge is 0.336 e. The van der Waals surface area contributed by atoms with Crippen LogP contribution in [-0.4, -0.2) is 45.7 Å². The lowest BCUT2D eigenvalue weighted by atomic mass is 10.1. The topological polar surface area (TPSA) is 50.2 Å². The number of aryl methyl sites for hydroxylation is 1. The number of hydrogen-bond donors (Lipinski definition) is 1. The molecule has 1 aliphatic rings. The van der Waals surface area contributed by atoms with E-state index in [1.54, 1.807) is 24.4 Å². The van der Waals surface area contributed by atoms with Gasteiger partial charge in [-0.15, -0.1) is 11.8 Å². The molecule has 3 rings (SSSR count). The lowest BCUT2D eigenvalue weighted by molar-refractivity contribution is -0.134. The van der Waals surface area contributed by atoms with Crippen LogP contribution in [0.4, 0.5) is 4.39 Å². The van der Waals surface area contributed by atoms with E-state index in [0.29, 0.717) is 30.2 Å². The number of nitrogens with zero attached hydrogens (tertiary/aromatic N) is 3. The summed E-state index contributed by atoms with van der Waals surface area (Å²) in [5.74, 6) is 1.31. The third kappa shape index (κ3) is 3.79. The van der Waals surface area contributed by atoms with Crippen molar-refractivity contribution in [1.82, 2.24) is 19.8 Å². The second-order valence-corrected chi connectivity index (χ2v) is 6.87. The summed E-state index contributed by atoms with van der Waals surface area (Å²) in [5.41, 5.74) is 0. The van der Waals surface area contributed by atoms with E-state index in [-0.39, 0.29) is 17.8 Å². The van der Waals surface area contributed by atoms with Gasteiger partial charge in [-0.05, 0) is 12.1 Å². The van der Waals surface area contributed by atoms with Crippen LogP contribution in [0.2, 0.25) is 0 Å². The summed E-state index contributed by atoms with van der Waals surface area (Å²) in [6.45, 7) is 2.16. The summed E-state index contributed by atoms with van der Waals surface area (Å²) in [6.07, 6.45) is 4.03. The molecule has 1 aromatic carbocycles. The van der Waals surface area contributed by atoms with Crippen molar-refractivity contribution < 1.29 is 9.18 Å². The molecule has 0 bridgehead atoms. The van der Waals surface area contributed by atoms with Gasteiger partial charge in [-0.1, -0.05) is 12.1 Å². The molecule has 1 fully saturated rings. The van der Waals surface area contributed by atoms with Gasteiger partial charge in [0.05, 0.1) is 0 Å². The average Bonchev–Trinajstić information content (AvgIpc) is 3.02. The number of carbonyl (C=O) groups excluding carboxylic acids is 1. The Morgan fingerprint density at radius 3 is 3.04 bits per heavy atom. The normalized spacial score (nSPS) is 17.9. The van der Waals surface area contributed by atoms with Gasteiger partial charge in [0.1, 0.15) is 17.7 Å². The fourth-order valence-corrected chi connectivity index (χ4v) is 3.76. The van der Waals surface area contributed by atoms with Crippen molar-refractivity contribution >= 4 is 17.7 Å². The number of aromatic nitrogens is 2. The Morgan fingerprint density at radius 2 is 2.29 bits per heavy atom. The number of halogens is 1. The second-order valence-electron chi connectivity index (χ2n) is 5.73. The number of nitrogens with one attached hydrogen (secondary N) is 1. The molecule has 1 saturated heterocycles. The Bertz CT molecular complexity index is 705. The van der Waals surface area contributed by atoms with E-state index in [0.717, 1.165) is 12.4 Å². The zero-order valence-electron chi connectivity index (χ0n) is 13.6. The Labute approximate surface area is 145 Å². The van der Waals surface area contributed by atoms with Gasteiger partial charge >= 0.3 is 0 Å². The molecule has 1 aromatic heterocycles. The lowest BCUT2D eigenvalue weighted by Gasteiger charge is -2.35. The van der Waals surface area contributed by atoms with Gasteiger partial charge in [0.15, 0.2) is 0 Å². The van der Waals surface area contributed by atoms with Crippen molar-refractivity contribution in [2.24, 2.45) is 7.05 Å². The van der Waals surface area contributed by atoms with Crippen LogP contribution in [-0.2, 0) is 11.8 Å². The minimum Gasteiger partial charge on any atom is -0.336 e. The highest BCUT2D eigenvalue weighted by Crippen LogP contribution is 2.24. The summed E-state index contributed by atoms with van der Waals surface area (Å²) in [4.78, 5) is 19.5. The minimum atomic E-state index is -0.233. The van der Waals surface area contributed by atoms with Crippen LogP contribution in [0.5, 0.6) is 0 Å². The molecular weight excluding hydrogens is 327 g/mol. The number of thioether (sulfide) groups is 1.